The molecule has 2 aliphatic heterocycles. The number of hydrogen-bond acceptors (Lipinski definition) is 4. The maximum atomic E-state index is 13.3. The third-order valence-electron chi connectivity index (χ3n) is 5.74. The zero-order valence-electron chi connectivity index (χ0n) is 15.6. The van der Waals surface area contributed by atoms with Gasteiger partial charge in [0.2, 0.25) is 0 Å². The van der Waals surface area contributed by atoms with Gasteiger partial charge in [-0.3, -0.25) is 4.79 Å². The maximum absolute atomic E-state index is 13.3. The number of aromatic nitrogens is 1. The molecule has 2 aromatic carbocycles. The number of ether oxygens (including phenoxy) is 2. The highest BCUT2D eigenvalue weighted by Crippen LogP contribution is 2.45. The highest BCUT2D eigenvalue weighted by atomic mass is 16.5. The number of methoxy groups -OCH3 is 2. The smallest absolute Gasteiger partial charge is 0.258 e. The van der Waals surface area contributed by atoms with Gasteiger partial charge in [-0.1, -0.05) is 18.2 Å². The van der Waals surface area contributed by atoms with Crippen molar-refractivity contribution in [3.8, 4) is 11.5 Å². The van der Waals surface area contributed by atoms with Gasteiger partial charge in [0, 0.05) is 30.6 Å². The van der Waals surface area contributed by atoms with E-state index in [-0.39, 0.29) is 12.1 Å². The summed E-state index contributed by atoms with van der Waals surface area (Å²) in [5.41, 5.74) is 5.01. The zero-order valence-corrected chi connectivity index (χ0v) is 15.6. The number of fused-ring (bicyclic) bond motifs is 6. The predicted octanol–water partition coefficient (Wildman–Crippen LogP) is 3.33. The monoisotopic (exact) mass is 363 g/mol. The molecule has 1 unspecified atom stereocenters. The summed E-state index contributed by atoms with van der Waals surface area (Å²) in [4.78, 5) is 20.9. The number of H-pyrrole nitrogens is 1. The molecule has 1 N–H and O–H groups in total. The van der Waals surface area contributed by atoms with Crippen LogP contribution < -0.4 is 14.4 Å². The normalized spacial score (nSPS) is 18.2. The number of benzene rings is 2. The van der Waals surface area contributed by atoms with E-state index in [0.29, 0.717) is 23.6 Å². The maximum Gasteiger partial charge on any atom is 0.258 e. The molecule has 3 heterocycles. The fourth-order valence-corrected chi connectivity index (χ4v) is 4.45. The summed E-state index contributed by atoms with van der Waals surface area (Å²) in [7, 11) is 5.22. The Morgan fingerprint density at radius 3 is 2.63 bits per heavy atom. The molecule has 0 aliphatic carbocycles. The summed E-state index contributed by atoms with van der Waals surface area (Å²) in [6.45, 7) is 0.691. The lowest BCUT2D eigenvalue weighted by molar-refractivity contribution is 0.0634. The molecule has 3 aromatic rings. The molecule has 5 rings (SSSR count). The van der Waals surface area contributed by atoms with E-state index in [4.69, 9.17) is 9.47 Å². The van der Waals surface area contributed by atoms with Gasteiger partial charge in [0.05, 0.1) is 31.2 Å². The molecule has 6 heteroatoms. The number of anilines is 1. The number of aromatic amines is 1. The van der Waals surface area contributed by atoms with Crippen LogP contribution in [0.1, 0.15) is 27.8 Å². The Morgan fingerprint density at radius 1 is 1.11 bits per heavy atom. The topological polar surface area (TPSA) is 57.8 Å². The molecule has 1 atom stereocenters. The van der Waals surface area contributed by atoms with Crippen molar-refractivity contribution in [2.45, 2.75) is 12.6 Å². The molecule has 0 radical (unpaired) electrons. The van der Waals surface area contributed by atoms with Crippen LogP contribution in [0, 0.1) is 0 Å². The number of nitrogens with zero attached hydrogens (tertiary/aromatic N) is 2. The Hall–Kier alpha value is -3.15. The molecular weight excluding hydrogens is 342 g/mol. The summed E-state index contributed by atoms with van der Waals surface area (Å²) in [5.74, 6) is 1.22. The highest BCUT2D eigenvalue weighted by molar-refractivity contribution is 6.03. The molecule has 27 heavy (non-hydrogen) atoms. The molecule has 138 valence electrons. The van der Waals surface area contributed by atoms with E-state index >= 15 is 0 Å². The van der Waals surface area contributed by atoms with Gasteiger partial charge in [0.15, 0.2) is 11.5 Å². The Morgan fingerprint density at radius 2 is 1.85 bits per heavy atom. The van der Waals surface area contributed by atoms with Gasteiger partial charge in [-0.05, 0) is 24.1 Å². The van der Waals surface area contributed by atoms with E-state index in [2.05, 4.69) is 28.1 Å². The molecule has 2 aliphatic rings. The number of para-hydroxylation sites is 1. The summed E-state index contributed by atoms with van der Waals surface area (Å²) in [6.07, 6.45) is 0.692. The Labute approximate surface area is 157 Å². The van der Waals surface area contributed by atoms with E-state index in [1.165, 1.54) is 10.9 Å². The van der Waals surface area contributed by atoms with Crippen molar-refractivity contribution in [1.82, 2.24) is 9.88 Å². The standard InChI is InChI=1S/C21H21N3O3/c1-23-16-11-18(27-3)17(26-2)10-14(16)21(25)24-9-8-13-12-6-4-5-7-15(12)22-19(13)20(23)24/h4-7,10-11,20,22H,8-9H2,1-3H3. The first-order chi connectivity index (χ1) is 13.1. The fourth-order valence-electron chi connectivity index (χ4n) is 4.45. The number of hydrogen-bond donors (Lipinski definition) is 1. The second-order valence-corrected chi connectivity index (χ2v) is 7.02. The second kappa shape index (κ2) is 5.67. The Bertz CT molecular complexity index is 1070. The van der Waals surface area contributed by atoms with Crippen molar-refractivity contribution in [2.75, 3.05) is 32.7 Å². The van der Waals surface area contributed by atoms with E-state index < -0.39 is 0 Å². The van der Waals surface area contributed by atoms with E-state index in [1.807, 2.05) is 24.1 Å². The van der Waals surface area contributed by atoms with E-state index in [9.17, 15) is 4.79 Å². The van der Waals surface area contributed by atoms with Crippen LogP contribution in [-0.2, 0) is 6.42 Å². The van der Waals surface area contributed by atoms with Gasteiger partial charge in [-0.15, -0.1) is 0 Å². The van der Waals surface area contributed by atoms with Crippen LogP contribution in [0.25, 0.3) is 10.9 Å². The molecule has 1 aromatic heterocycles. The fraction of sp³-hybridized carbons (Fsp3) is 0.286. The largest absolute Gasteiger partial charge is 0.493 e. The number of amides is 1. The van der Waals surface area contributed by atoms with Crippen LogP contribution in [0.3, 0.4) is 0 Å². The minimum Gasteiger partial charge on any atom is -0.493 e. The van der Waals surface area contributed by atoms with Gasteiger partial charge < -0.3 is 24.3 Å². The van der Waals surface area contributed by atoms with Gasteiger partial charge in [0.1, 0.15) is 6.17 Å². The van der Waals surface area contributed by atoms with Gasteiger partial charge >= 0.3 is 0 Å². The molecule has 6 nitrogen and oxygen atoms in total. The molecule has 0 fully saturated rings. The average molecular weight is 363 g/mol. The average Bonchev–Trinajstić information content (AvgIpc) is 3.09. The lowest BCUT2D eigenvalue weighted by Gasteiger charge is -2.46. The highest BCUT2D eigenvalue weighted by Gasteiger charge is 2.42. The molecular formula is C21H21N3O3. The van der Waals surface area contributed by atoms with Gasteiger partial charge in [-0.2, -0.15) is 0 Å². The van der Waals surface area contributed by atoms with Crippen molar-refractivity contribution in [1.29, 1.82) is 0 Å². The molecule has 0 bridgehead atoms. The third-order valence-corrected chi connectivity index (χ3v) is 5.74. The molecule has 1 amide bonds. The number of carbonyl (C=O) groups is 1. The quantitative estimate of drug-likeness (QED) is 0.759. The molecule has 0 spiro atoms. The summed E-state index contributed by atoms with van der Waals surface area (Å²) in [6, 6.07) is 12.0. The van der Waals surface area contributed by atoms with Crippen molar-refractivity contribution in [3.05, 3.63) is 53.2 Å². The van der Waals surface area contributed by atoms with E-state index in [0.717, 1.165) is 23.3 Å². The summed E-state index contributed by atoms with van der Waals surface area (Å²) in [5, 5.41) is 1.24. The van der Waals surface area contributed by atoms with Crippen molar-refractivity contribution < 1.29 is 14.3 Å². The first kappa shape index (κ1) is 16.1. The predicted molar refractivity (Wildman–Crippen MR) is 104 cm³/mol. The summed E-state index contributed by atoms with van der Waals surface area (Å²) < 4.78 is 10.9. The lowest BCUT2D eigenvalue weighted by Crippen LogP contribution is -2.51. The minimum atomic E-state index is -0.153. The molecule has 0 saturated carbocycles. The van der Waals surface area contributed by atoms with Crippen LogP contribution in [0.4, 0.5) is 5.69 Å². The number of nitrogens with one attached hydrogen (secondary N) is 1. The van der Waals surface area contributed by atoms with Crippen molar-refractivity contribution in [2.24, 2.45) is 0 Å². The Balaban J connectivity index is 1.70. The van der Waals surface area contributed by atoms with Crippen LogP contribution in [0.5, 0.6) is 11.5 Å². The second-order valence-electron chi connectivity index (χ2n) is 7.02. The number of rotatable bonds is 2. The zero-order chi connectivity index (χ0) is 18.7. The third kappa shape index (κ3) is 2.10. The lowest BCUT2D eigenvalue weighted by atomic mass is 9.96. The SMILES string of the molecule is COc1cc2c(cc1OC)N(C)C1c3[nH]c4ccccc4c3CCN1C2=O. The van der Waals surface area contributed by atoms with Crippen LogP contribution >= 0.6 is 0 Å². The van der Waals surface area contributed by atoms with E-state index in [1.54, 1.807) is 20.3 Å². The van der Waals surface area contributed by atoms with Gasteiger partial charge in [0.25, 0.3) is 5.91 Å². The van der Waals surface area contributed by atoms with Crippen LogP contribution in [0.15, 0.2) is 36.4 Å². The van der Waals surface area contributed by atoms with Crippen LogP contribution in [-0.4, -0.2) is 43.6 Å². The first-order valence-corrected chi connectivity index (χ1v) is 9.03. The Kier molecular flexibility index (Phi) is 3.37. The van der Waals surface area contributed by atoms with Gasteiger partial charge in [-0.25, -0.2) is 0 Å². The minimum absolute atomic E-state index is 0.0263. The molecule has 0 saturated heterocycles. The van der Waals surface area contributed by atoms with Crippen LogP contribution in [0.2, 0.25) is 0 Å². The summed E-state index contributed by atoms with van der Waals surface area (Å²) >= 11 is 0. The number of carbonyl (C=O) groups excluding carboxylic acids is 1. The van der Waals surface area contributed by atoms with Crippen molar-refractivity contribution >= 4 is 22.5 Å². The first-order valence-electron chi connectivity index (χ1n) is 9.03. The van der Waals surface area contributed by atoms with Crippen molar-refractivity contribution in [3.63, 3.8) is 0 Å².